The molecule has 31 heavy (non-hydrogen) atoms. The molecule has 4 aromatic rings. The molecule has 0 saturated heterocycles. The summed E-state index contributed by atoms with van der Waals surface area (Å²) in [5.74, 6) is -0.151. The Morgan fingerprint density at radius 1 is 1.10 bits per heavy atom. The van der Waals surface area contributed by atoms with Gasteiger partial charge in [-0.25, -0.2) is 4.79 Å². The smallest absolute Gasteiger partial charge is 0.328 e. The Balaban J connectivity index is 1.54. The van der Waals surface area contributed by atoms with Crippen LogP contribution in [0.3, 0.4) is 0 Å². The van der Waals surface area contributed by atoms with Crippen molar-refractivity contribution in [1.29, 1.82) is 0 Å². The first-order valence-electron chi connectivity index (χ1n) is 10.2. The predicted octanol–water partition coefficient (Wildman–Crippen LogP) is 5.36. The third-order valence-corrected chi connectivity index (χ3v) is 5.22. The van der Waals surface area contributed by atoms with Crippen LogP contribution < -0.4 is 4.74 Å². The average molecular weight is 412 g/mol. The fraction of sp³-hybridized carbons (Fsp3) is 0.154. The van der Waals surface area contributed by atoms with Gasteiger partial charge in [0.1, 0.15) is 5.75 Å². The second-order valence-corrected chi connectivity index (χ2v) is 7.57. The zero-order valence-corrected chi connectivity index (χ0v) is 17.3. The van der Waals surface area contributed by atoms with E-state index in [1.807, 2.05) is 47.3 Å². The molecule has 0 fully saturated rings. The van der Waals surface area contributed by atoms with Gasteiger partial charge in [-0.3, -0.25) is 4.68 Å². The van der Waals surface area contributed by atoms with Gasteiger partial charge in [-0.2, -0.15) is 5.10 Å². The lowest BCUT2D eigenvalue weighted by Crippen LogP contribution is -2.08. The van der Waals surface area contributed by atoms with Crippen LogP contribution in [0.25, 0.3) is 16.8 Å². The van der Waals surface area contributed by atoms with Crippen molar-refractivity contribution in [1.82, 2.24) is 9.78 Å². The second kappa shape index (κ2) is 9.30. The van der Waals surface area contributed by atoms with Crippen molar-refractivity contribution in [2.45, 2.75) is 19.4 Å². The largest absolute Gasteiger partial charge is 0.492 e. The predicted molar refractivity (Wildman–Crippen MR) is 122 cm³/mol. The molecule has 0 radical (unpaired) electrons. The van der Waals surface area contributed by atoms with Gasteiger partial charge in [0, 0.05) is 30.0 Å². The monoisotopic (exact) mass is 412 g/mol. The Labute approximate surface area is 181 Å². The summed E-state index contributed by atoms with van der Waals surface area (Å²) in [6, 6.07) is 22.4. The number of aliphatic carboxylic acids is 1. The Morgan fingerprint density at radius 3 is 2.71 bits per heavy atom. The molecule has 156 valence electrons. The first kappa shape index (κ1) is 20.4. The summed E-state index contributed by atoms with van der Waals surface area (Å²) in [7, 11) is 0. The molecule has 3 aromatic carbocycles. The van der Waals surface area contributed by atoms with E-state index in [2.05, 4.69) is 42.4 Å². The Morgan fingerprint density at radius 2 is 1.94 bits per heavy atom. The van der Waals surface area contributed by atoms with Crippen molar-refractivity contribution < 1.29 is 14.6 Å². The summed E-state index contributed by atoms with van der Waals surface area (Å²) in [6.45, 7) is 3.23. The molecular weight excluding hydrogens is 388 g/mol. The normalized spacial score (nSPS) is 12.3. The minimum Gasteiger partial charge on any atom is -0.492 e. The molecule has 4 rings (SSSR count). The van der Waals surface area contributed by atoms with E-state index in [1.165, 1.54) is 16.3 Å². The zero-order valence-electron chi connectivity index (χ0n) is 17.3. The van der Waals surface area contributed by atoms with E-state index in [0.29, 0.717) is 18.9 Å². The highest BCUT2D eigenvalue weighted by atomic mass is 16.5. The lowest BCUT2D eigenvalue weighted by atomic mass is 9.98. The van der Waals surface area contributed by atoms with E-state index in [0.717, 1.165) is 17.2 Å². The van der Waals surface area contributed by atoms with Gasteiger partial charge in [0.2, 0.25) is 0 Å². The van der Waals surface area contributed by atoms with Crippen LogP contribution >= 0.6 is 0 Å². The standard InChI is InChI=1S/C26H24N2O3/c1-19(23-10-9-21-5-2-3-6-24(21)16-23)18-31-25-15-20(17-28-14-4-13-27-28)7-8-22(25)11-12-26(29)30/h2-16,19H,17-18H2,1H3,(H,29,30). The number of carbonyl (C=O) groups is 1. The van der Waals surface area contributed by atoms with Crippen molar-refractivity contribution in [3.05, 3.63) is 102 Å². The van der Waals surface area contributed by atoms with Gasteiger partial charge in [0.25, 0.3) is 0 Å². The first-order valence-corrected chi connectivity index (χ1v) is 10.2. The van der Waals surface area contributed by atoms with Crippen LogP contribution in [0, 0.1) is 0 Å². The van der Waals surface area contributed by atoms with Gasteiger partial charge >= 0.3 is 5.97 Å². The minimum atomic E-state index is -0.990. The maximum atomic E-state index is 11.0. The van der Waals surface area contributed by atoms with E-state index < -0.39 is 5.97 Å². The summed E-state index contributed by atoms with van der Waals surface area (Å²) in [5, 5.41) is 15.7. The number of aromatic nitrogens is 2. The topological polar surface area (TPSA) is 64.4 Å². The Hall–Kier alpha value is -3.86. The number of carboxylic acids is 1. The van der Waals surface area contributed by atoms with E-state index in [9.17, 15) is 4.79 Å². The maximum absolute atomic E-state index is 11.0. The second-order valence-electron chi connectivity index (χ2n) is 7.57. The summed E-state index contributed by atoms with van der Waals surface area (Å²) < 4.78 is 8.02. The Kier molecular flexibility index (Phi) is 6.13. The van der Waals surface area contributed by atoms with Crippen molar-refractivity contribution in [2.75, 3.05) is 6.61 Å². The molecule has 0 spiro atoms. The molecule has 0 amide bonds. The third kappa shape index (κ3) is 5.20. The molecule has 0 aliphatic carbocycles. The maximum Gasteiger partial charge on any atom is 0.328 e. The molecule has 0 saturated carbocycles. The number of benzene rings is 3. The van der Waals surface area contributed by atoms with Crippen LogP contribution in [-0.4, -0.2) is 27.5 Å². The highest BCUT2D eigenvalue weighted by Crippen LogP contribution is 2.26. The van der Waals surface area contributed by atoms with E-state index in [-0.39, 0.29) is 5.92 Å². The summed E-state index contributed by atoms with van der Waals surface area (Å²) in [4.78, 5) is 11.0. The molecular formula is C26H24N2O3. The fourth-order valence-electron chi connectivity index (χ4n) is 3.51. The SMILES string of the molecule is CC(COc1cc(Cn2cccn2)ccc1C=CC(=O)O)c1ccc2ccccc2c1. The van der Waals surface area contributed by atoms with E-state index in [4.69, 9.17) is 9.84 Å². The summed E-state index contributed by atoms with van der Waals surface area (Å²) in [5.41, 5.74) is 2.97. The van der Waals surface area contributed by atoms with Crippen LogP contribution in [0.5, 0.6) is 5.75 Å². The number of ether oxygens (including phenoxy) is 1. The zero-order chi connectivity index (χ0) is 21.6. The van der Waals surface area contributed by atoms with Crippen molar-refractivity contribution in [3.8, 4) is 5.75 Å². The van der Waals surface area contributed by atoms with Gasteiger partial charge in [-0.05, 0) is 40.1 Å². The number of nitrogens with zero attached hydrogens (tertiary/aromatic N) is 2. The van der Waals surface area contributed by atoms with E-state index >= 15 is 0 Å². The van der Waals surface area contributed by atoms with Crippen molar-refractivity contribution in [3.63, 3.8) is 0 Å². The minimum absolute atomic E-state index is 0.177. The molecule has 0 bridgehead atoms. The van der Waals surface area contributed by atoms with Crippen LogP contribution in [-0.2, 0) is 11.3 Å². The van der Waals surface area contributed by atoms with Crippen LogP contribution in [0.4, 0.5) is 0 Å². The number of hydrogen-bond acceptors (Lipinski definition) is 3. The highest BCUT2D eigenvalue weighted by Gasteiger charge is 2.10. The van der Waals surface area contributed by atoms with Crippen LogP contribution in [0.1, 0.15) is 29.5 Å². The lowest BCUT2D eigenvalue weighted by Gasteiger charge is -2.17. The van der Waals surface area contributed by atoms with Crippen molar-refractivity contribution >= 4 is 22.8 Å². The average Bonchev–Trinajstić information content (AvgIpc) is 3.29. The van der Waals surface area contributed by atoms with Gasteiger partial charge in [0.05, 0.1) is 13.2 Å². The third-order valence-electron chi connectivity index (χ3n) is 5.22. The van der Waals surface area contributed by atoms with Crippen molar-refractivity contribution in [2.24, 2.45) is 0 Å². The number of hydrogen-bond donors (Lipinski definition) is 1. The Bertz CT molecular complexity index is 1210. The molecule has 1 heterocycles. The highest BCUT2D eigenvalue weighted by molar-refractivity contribution is 5.86. The first-order chi connectivity index (χ1) is 15.1. The summed E-state index contributed by atoms with van der Waals surface area (Å²) >= 11 is 0. The molecule has 5 nitrogen and oxygen atoms in total. The molecule has 1 atom stereocenters. The van der Waals surface area contributed by atoms with Crippen LogP contribution in [0.15, 0.2) is 85.2 Å². The molecule has 5 heteroatoms. The number of fused-ring (bicyclic) bond motifs is 1. The van der Waals surface area contributed by atoms with E-state index in [1.54, 1.807) is 12.3 Å². The summed E-state index contributed by atoms with van der Waals surface area (Å²) in [6.07, 6.45) is 6.34. The molecule has 0 aliphatic heterocycles. The fourth-order valence-corrected chi connectivity index (χ4v) is 3.51. The molecule has 1 N–H and O–H groups in total. The quantitative estimate of drug-likeness (QED) is 0.396. The van der Waals surface area contributed by atoms with Gasteiger partial charge in [-0.15, -0.1) is 0 Å². The van der Waals surface area contributed by atoms with Gasteiger partial charge < -0.3 is 9.84 Å². The van der Waals surface area contributed by atoms with Gasteiger partial charge in [-0.1, -0.05) is 61.5 Å². The number of carboxylic acid groups (broad SMARTS) is 1. The lowest BCUT2D eigenvalue weighted by molar-refractivity contribution is -0.131. The molecule has 1 unspecified atom stereocenters. The molecule has 0 aliphatic rings. The number of rotatable bonds is 8. The molecule has 1 aromatic heterocycles. The van der Waals surface area contributed by atoms with Gasteiger partial charge in [0.15, 0.2) is 0 Å². The van der Waals surface area contributed by atoms with Crippen LogP contribution in [0.2, 0.25) is 0 Å².